The first-order valence-corrected chi connectivity index (χ1v) is 10.0. The molecular formula is C22H23FN4O3. The summed E-state index contributed by atoms with van der Waals surface area (Å²) in [6.07, 6.45) is 1.46. The van der Waals surface area contributed by atoms with Gasteiger partial charge in [0.25, 0.3) is 0 Å². The highest BCUT2D eigenvalue weighted by Crippen LogP contribution is 2.30. The summed E-state index contributed by atoms with van der Waals surface area (Å²) in [5.74, 6) is 1.43. The van der Waals surface area contributed by atoms with E-state index in [1.165, 1.54) is 12.1 Å². The summed E-state index contributed by atoms with van der Waals surface area (Å²) < 4.78 is 24.1. The maximum atomic E-state index is 13.1. The van der Waals surface area contributed by atoms with Crippen molar-refractivity contribution < 1.29 is 18.4 Å². The molecule has 1 aliphatic rings. The summed E-state index contributed by atoms with van der Waals surface area (Å²) in [5.41, 5.74) is 1.36. The molecule has 2 aromatic carbocycles. The van der Waals surface area contributed by atoms with Crippen molar-refractivity contribution in [3.05, 3.63) is 60.2 Å². The number of ether oxygens (including phenoxy) is 1. The summed E-state index contributed by atoms with van der Waals surface area (Å²) in [7, 11) is 0. The fourth-order valence-corrected chi connectivity index (χ4v) is 3.49. The zero-order valence-electron chi connectivity index (χ0n) is 16.7. The van der Waals surface area contributed by atoms with E-state index in [2.05, 4.69) is 15.5 Å². The van der Waals surface area contributed by atoms with Gasteiger partial charge in [-0.15, -0.1) is 0 Å². The molecule has 0 spiro atoms. The molecule has 8 heteroatoms. The zero-order valence-corrected chi connectivity index (χ0v) is 16.7. The molecule has 7 nitrogen and oxygen atoms in total. The molecule has 30 heavy (non-hydrogen) atoms. The number of piperidine rings is 1. The quantitative estimate of drug-likeness (QED) is 0.660. The molecule has 1 fully saturated rings. The maximum absolute atomic E-state index is 13.1. The molecule has 0 saturated carbocycles. The minimum absolute atomic E-state index is 0.0893. The van der Waals surface area contributed by atoms with Gasteiger partial charge in [0.15, 0.2) is 0 Å². The lowest BCUT2D eigenvalue weighted by Crippen LogP contribution is -2.40. The molecule has 2 amide bonds. The largest absolute Gasteiger partial charge is 0.492 e. The molecule has 0 unspecified atom stereocenters. The SMILES string of the molecule is CCOc1ccccc1NC(=O)N1CCC(c2nc(-c3ccc(F)cc3)no2)CC1. The van der Waals surface area contributed by atoms with Gasteiger partial charge in [-0.05, 0) is 56.2 Å². The van der Waals surface area contributed by atoms with Crippen LogP contribution in [0.5, 0.6) is 5.75 Å². The van der Waals surface area contributed by atoms with Crippen LogP contribution in [0.2, 0.25) is 0 Å². The van der Waals surface area contributed by atoms with Crippen LogP contribution in [0.3, 0.4) is 0 Å². The third kappa shape index (κ3) is 4.42. The fraction of sp³-hybridized carbons (Fsp3) is 0.318. The first-order chi connectivity index (χ1) is 14.6. The second-order valence-corrected chi connectivity index (χ2v) is 7.08. The molecular weight excluding hydrogens is 387 g/mol. The fourth-order valence-electron chi connectivity index (χ4n) is 3.49. The number of halogens is 1. The van der Waals surface area contributed by atoms with Crippen LogP contribution in [0, 0.1) is 5.82 Å². The first-order valence-electron chi connectivity index (χ1n) is 10.0. The summed E-state index contributed by atoms with van der Waals surface area (Å²) >= 11 is 0. The van der Waals surface area contributed by atoms with E-state index in [1.54, 1.807) is 17.0 Å². The van der Waals surface area contributed by atoms with Gasteiger partial charge >= 0.3 is 6.03 Å². The number of aromatic nitrogens is 2. The van der Waals surface area contributed by atoms with Crippen LogP contribution in [0.15, 0.2) is 53.1 Å². The van der Waals surface area contributed by atoms with E-state index >= 15 is 0 Å². The van der Waals surface area contributed by atoms with Crippen LogP contribution >= 0.6 is 0 Å². The highest BCUT2D eigenvalue weighted by molar-refractivity contribution is 5.91. The number of hydrogen-bond donors (Lipinski definition) is 1. The minimum atomic E-state index is -0.308. The predicted octanol–water partition coefficient (Wildman–Crippen LogP) is 4.69. The zero-order chi connectivity index (χ0) is 20.9. The highest BCUT2D eigenvalue weighted by atomic mass is 19.1. The number of anilines is 1. The van der Waals surface area contributed by atoms with Crippen molar-refractivity contribution in [2.75, 3.05) is 25.0 Å². The third-order valence-electron chi connectivity index (χ3n) is 5.10. The maximum Gasteiger partial charge on any atom is 0.321 e. The van der Waals surface area contributed by atoms with E-state index in [0.29, 0.717) is 48.4 Å². The summed E-state index contributed by atoms with van der Waals surface area (Å²) in [4.78, 5) is 18.9. The summed E-state index contributed by atoms with van der Waals surface area (Å²) in [6.45, 7) is 3.61. The van der Waals surface area contributed by atoms with E-state index in [0.717, 1.165) is 12.8 Å². The predicted molar refractivity (Wildman–Crippen MR) is 110 cm³/mol. The van der Waals surface area contributed by atoms with Crippen molar-refractivity contribution in [3.8, 4) is 17.1 Å². The van der Waals surface area contributed by atoms with E-state index in [-0.39, 0.29) is 17.8 Å². The van der Waals surface area contributed by atoms with Crippen molar-refractivity contribution in [2.24, 2.45) is 0 Å². The van der Waals surface area contributed by atoms with Gasteiger partial charge < -0.3 is 19.5 Å². The van der Waals surface area contributed by atoms with Crippen molar-refractivity contribution in [1.82, 2.24) is 15.0 Å². The van der Waals surface area contributed by atoms with Gasteiger partial charge in [-0.25, -0.2) is 9.18 Å². The molecule has 1 aliphatic heterocycles. The Kier molecular flexibility index (Phi) is 5.92. The Morgan fingerprint density at radius 3 is 2.67 bits per heavy atom. The number of carbonyl (C=O) groups excluding carboxylic acids is 1. The lowest BCUT2D eigenvalue weighted by Gasteiger charge is -2.30. The highest BCUT2D eigenvalue weighted by Gasteiger charge is 2.28. The molecule has 156 valence electrons. The van der Waals surface area contributed by atoms with Crippen molar-refractivity contribution in [1.29, 1.82) is 0 Å². The Labute approximate surface area is 173 Å². The smallest absolute Gasteiger partial charge is 0.321 e. The molecule has 3 aromatic rings. The number of nitrogens with one attached hydrogen (secondary N) is 1. The molecule has 0 radical (unpaired) electrons. The topological polar surface area (TPSA) is 80.5 Å². The number of urea groups is 1. The van der Waals surface area contributed by atoms with Crippen LogP contribution < -0.4 is 10.1 Å². The molecule has 4 rings (SSSR count). The van der Waals surface area contributed by atoms with Gasteiger partial charge in [0.2, 0.25) is 11.7 Å². The molecule has 2 heterocycles. The standard InChI is InChI=1S/C22H23FN4O3/c1-2-29-19-6-4-3-5-18(19)24-22(28)27-13-11-16(12-14-27)21-25-20(26-30-21)15-7-9-17(23)10-8-15/h3-10,16H,2,11-14H2,1H3,(H,24,28). The van der Waals surface area contributed by atoms with Crippen LogP contribution in [-0.2, 0) is 0 Å². The molecule has 1 aromatic heterocycles. The third-order valence-corrected chi connectivity index (χ3v) is 5.10. The minimum Gasteiger partial charge on any atom is -0.492 e. The number of hydrogen-bond acceptors (Lipinski definition) is 5. The molecule has 1 saturated heterocycles. The number of amides is 2. The molecule has 0 aliphatic carbocycles. The van der Waals surface area contributed by atoms with E-state index in [9.17, 15) is 9.18 Å². The molecule has 0 atom stereocenters. The van der Waals surface area contributed by atoms with Gasteiger partial charge in [0, 0.05) is 24.6 Å². The lowest BCUT2D eigenvalue weighted by atomic mass is 9.97. The Morgan fingerprint density at radius 2 is 1.93 bits per heavy atom. The van der Waals surface area contributed by atoms with Gasteiger partial charge in [-0.3, -0.25) is 0 Å². The average Bonchev–Trinajstić information content (AvgIpc) is 3.26. The first kappa shape index (κ1) is 19.9. The van der Waals surface area contributed by atoms with Crippen LogP contribution in [0.4, 0.5) is 14.9 Å². The normalized spacial score (nSPS) is 14.5. The van der Waals surface area contributed by atoms with Crippen LogP contribution in [0.25, 0.3) is 11.4 Å². The van der Waals surface area contributed by atoms with Gasteiger partial charge in [-0.1, -0.05) is 17.3 Å². The average molecular weight is 410 g/mol. The van der Waals surface area contributed by atoms with Crippen molar-refractivity contribution >= 4 is 11.7 Å². The number of para-hydroxylation sites is 2. The van der Waals surface area contributed by atoms with Crippen molar-refractivity contribution in [3.63, 3.8) is 0 Å². The second-order valence-electron chi connectivity index (χ2n) is 7.08. The van der Waals surface area contributed by atoms with Crippen LogP contribution in [-0.4, -0.2) is 40.8 Å². The molecule has 0 bridgehead atoms. The number of benzene rings is 2. The van der Waals surface area contributed by atoms with Gasteiger partial charge in [0.1, 0.15) is 11.6 Å². The van der Waals surface area contributed by atoms with E-state index in [1.807, 2.05) is 31.2 Å². The van der Waals surface area contributed by atoms with E-state index in [4.69, 9.17) is 9.26 Å². The Bertz CT molecular complexity index is 998. The number of nitrogens with zero attached hydrogens (tertiary/aromatic N) is 3. The second kappa shape index (κ2) is 8.94. The number of carbonyl (C=O) groups is 1. The summed E-state index contributed by atoms with van der Waals surface area (Å²) in [5, 5.41) is 6.94. The van der Waals surface area contributed by atoms with Gasteiger partial charge in [0.05, 0.1) is 12.3 Å². The van der Waals surface area contributed by atoms with E-state index < -0.39 is 0 Å². The Balaban J connectivity index is 1.35. The van der Waals surface area contributed by atoms with Crippen molar-refractivity contribution in [2.45, 2.75) is 25.7 Å². The van der Waals surface area contributed by atoms with Gasteiger partial charge in [-0.2, -0.15) is 4.98 Å². The molecule has 1 N–H and O–H groups in total. The summed E-state index contributed by atoms with van der Waals surface area (Å²) in [6, 6.07) is 13.2. The Hall–Kier alpha value is -3.42. The lowest BCUT2D eigenvalue weighted by molar-refractivity contribution is 0.187. The number of likely N-dealkylation sites (tertiary alicyclic amines) is 1. The monoisotopic (exact) mass is 410 g/mol. The number of rotatable bonds is 5. The van der Waals surface area contributed by atoms with Crippen LogP contribution in [0.1, 0.15) is 31.6 Å². The Morgan fingerprint density at radius 1 is 1.20 bits per heavy atom.